The van der Waals surface area contributed by atoms with Crippen molar-refractivity contribution in [3.8, 4) is 5.75 Å². The van der Waals surface area contributed by atoms with Gasteiger partial charge in [-0.05, 0) is 19.1 Å². The molecule has 6 nitrogen and oxygen atoms in total. The fraction of sp³-hybridized carbons (Fsp3) is 0.250. The molecule has 108 valence electrons. The molecule has 0 saturated heterocycles. The molecule has 0 amide bonds. The van der Waals surface area contributed by atoms with Gasteiger partial charge in [0.1, 0.15) is 5.75 Å². The minimum absolute atomic E-state index is 0.0976. The lowest BCUT2D eigenvalue weighted by Gasteiger charge is -2.08. The van der Waals surface area contributed by atoms with E-state index in [1.807, 2.05) is 0 Å². The van der Waals surface area contributed by atoms with Crippen molar-refractivity contribution < 1.29 is 17.5 Å². The third-order valence-electron chi connectivity index (χ3n) is 2.69. The van der Waals surface area contributed by atoms with Gasteiger partial charge in [0, 0.05) is 13.1 Å². The Kier molecular flexibility index (Phi) is 3.67. The predicted octanol–water partition coefficient (Wildman–Crippen LogP) is 1.68. The molecule has 0 aliphatic rings. The number of nitrogens with one attached hydrogen (secondary N) is 1. The van der Waals surface area contributed by atoms with E-state index in [0.717, 1.165) is 4.68 Å². The average molecular weight is 299 g/mol. The lowest BCUT2D eigenvalue weighted by Crippen LogP contribution is -2.15. The smallest absolute Gasteiger partial charge is 0.268 e. The van der Waals surface area contributed by atoms with Gasteiger partial charge in [-0.25, -0.2) is 13.1 Å². The molecule has 0 atom stereocenters. The number of anilines is 1. The Hall–Kier alpha value is -2.09. The van der Waals surface area contributed by atoms with Gasteiger partial charge in [0.2, 0.25) is 5.95 Å². The number of methoxy groups -OCH3 is 1. The Morgan fingerprint density at radius 2 is 2.10 bits per heavy atom. The van der Waals surface area contributed by atoms with Crippen molar-refractivity contribution in [2.75, 3.05) is 11.8 Å². The SMILES string of the molecule is COc1cccc(NS(=O)(=O)c2c(C)nn(C)c2F)c1. The van der Waals surface area contributed by atoms with Gasteiger partial charge in [0.25, 0.3) is 10.0 Å². The van der Waals surface area contributed by atoms with Gasteiger partial charge in [-0.3, -0.25) is 4.72 Å². The van der Waals surface area contributed by atoms with E-state index in [-0.39, 0.29) is 11.4 Å². The second-order valence-electron chi connectivity index (χ2n) is 4.17. The van der Waals surface area contributed by atoms with E-state index in [2.05, 4.69) is 9.82 Å². The molecule has 1 aromatic carbocycles. The molecule has 0 bridgehead atoms. The summed E-state index contributed by atoms with van der Waals surface area (Å²) in [6.07, 6.45) is 0. The molecule has 0 aliphatic carbocycles. The van der Waals surface area contributed by atoms with Crippen LogP contribution in [0.1, 0.15) is 5.69 Å². The number of aryl methyl sites for hydroxylation is 2. The van der Waals surface area contributed by atoms with E-state index in [1.165, 1.54) is 27.1 Å². The number of benzene rings is 1. The highest BCUT2D eigenvalue weighted by Gasteiger charge is 2.26. The number of aromatic nitrogens is 2. The molecule has 0 saturated carbocycles. The Morgan fingerprint density at radius 3 is 2.65 bits per heavy atom. The van der Waals surface area contributed by atoms with Crippen LogP contribution in [0, 0.1) is 12.9 Å². The van der Waals surface area contributed by atoms with Crippen LogP contribution in [0.25, 0.3) is 0 Å². The van der Waals surface area contributed by atoms with E-state index >= 15 is 0 Å². The quantitative estimate of drug-likeness (QED) is 0.932. The molecular weight excluding hydrogens is 285 g/mol. The molecule has 0 spiro atoms. The Balaban J connectivity index is 2.40. The zero-order valence-corrected chi connectivity index (χ0v) is 12.0. The molecule has 8 heteroatoms. The fourth-order valence-electron chi connectivity index (χ4n) is 1.81. The number of nitrogens with zero attached hydrogens (tertiary/aromatic N) is 2. The highest BCUT2D eigenvalue weighted by Crippen LogP contribution is 2.23. The first-order valence-corrected chi connectivity index (χ1v) is 7.19. The number of ether oxygens (including phenoxy) is 1. The second-order valence-corrected chi connectivity index (χ2v) is 5.79. The average Bonchev–Trinajstić information content (AvgIpc) is 2.63. The molecule has 0 radical (unpaired) electrons. The van der Waals surface area contributed by atoms with Gasteiger partial charge in [-0.15, -0.1) is 0 Å². The molecule has 1 aromatic heterocycles. The molecule has 1 heterocycles. The predicted molar refractivity (Wildman–Crippen MR) is 71.7 cm³/mol. The van der Waals surface area contributed by atoms with Crippen LogP contribution in [0.5, 0.6) is 5.75 Å². The van der Waals surface area contributed by atoms with E-state index in [1.54, 1.807) is 18.2 Å². The number of sulfonamides is 1. The third kappa shape index (κ3) is 2.60. The van der Waals surface area contributed by atoms with E-state index < -0.39 is 20.9 Å². The monoisotopic (exact) mass is 299 g/mol. The van der Waals surface area contributed by atoms with Crippen LogP contribution in [0.2, 0.25) is 0 Å². The maximum atomic E-state index is 13.8. The Labute approximate surface area is 116 Å². The van der Waals surface area contributed by atoms with Crippen LogP contribution in [0.4, 0.5) is 10.1 Å². The van der Waals surface area contributed by atoms with Crippen LogP contribution < -0.4 is 9.46 Å². The summed E-state index contributed by atoms with van der Waals surface area (Å²) in [5.41, 5.74) is 0.382. The molecule has 2 rings (SSSR count). The fourth-order valence-corrected chi connectivity index (χ4v) is 3.13. The third-order valence-corrected chi connectivity index (χ3v) is 4.20. The summed E-state index contributed by atoms with van der Waals surface area (Å²) in [5, 5.41) is 3.75. The first-order valence-electron chi connectivity index (χ1n) is 5.71. The van der Waals surface area contributed by atoms with Crippen molar-refractivity contribution in [1.82, 2.24) is 9.78 Å². The molecule has 1 N–H and O–H groups in total. The van der Waals surface area contributed by atoms with Crippen molar-refractivity contribution in [2.45, 2.75) is 11.8 Å². The number of hydrogen-bond acceptors (Lipinski definition) is 4. The molecule has 0 unspecified atom stereocenters. The largest absolute Gasteiger partial charge is 0.497 e. The Bertz CT molecular complexity index is 740. The summed E-state index contributed by atoms with van der Waals surface area (Å²) in [4.78, 5) is -0.456. The standard InChI is InChI=1S/C12H14FN3O3S/c1-8-11(12(13)16(2)14-8)20(17,18)15-9-5-4-6-10(7-9)19-3/h4-7,15H,1-3H3. The zero-order chi connectivity index (χ0) is 14.9. The van der Waals surface area contributed by atoms with Gasteiger partial charge in [0.15, 0.2) is 4.90 Å². The first-order chi connectivity index (χ1) is 9.35. The molecule has 20 heavy (non-hydrogen) atoms. The van der Waals surface area contributed by atoms with Gasteiger partial charge in [-0.1, -0.05) is 6.07 Å². The summed E-state index contributed by atoms with van der Waals surface area (Å²) in [6.45, 7) is 1.43. The maximum Gasteiger partial charge on any atom is 0.268 e. The van der Waals surface area contributed by atoms with Gasteiger partial charge < -0.3 is 4.74 Å². The Morgan fingerprint density at radius 1 is 1.40 bits per heavy atom. The van der Waals surface area contributed by atoms with Crippen molar-refractivity contribution >= 4 is 15.7 Å². The summed E-state index contributed by atoms with van der Waals surface area (Å²) in [7, 11) is -1.23. The van der Waals surface area contributed by atoms with Crippen LogP contribution in [0.3, 0.4) is 0 Å². The summed E-state index contributed by atoms with van der Waals surface area (Å²) in [6, 6.07) is 6.35. The van der Waals surface area contributed by atoms with Crippen molar-refractivity contribution in [3.63, 3.8) is 0 Å². The van der Waals surface area contributed by atoms with Gasteiger partial charge in [-0.2, -0.15) is 9.49 Å². The molecule has 0 aliphatic heterocycles. The molecule has 2 aromatic rings. The topological polar surface area (TPSA) is 73.2 Å². The van der Waals surface area contributed by atoms with Gasteiger partial charge in [0.05, 0.1) is 18.5 Å². The zero-order valence-electron chi connectivity index (χ0n) is 11.2. The van der Waals surface area contributed by atoms with Gasteiger partial charge >= 0.3 is 0 Å². The molecular formula is C12H14FN3O3S. The summed E-state index contributed by atoms with van der Waals surface area (Å²) in [5.74, 6) is -0.411. The van der Waals surface area contributed by atoms with E-state index in [0.29, 0.717) is 5.75 Å². The summed E-state index contributed by atoms with van der Waals surface area (Å²) >= 11 is 0. The van der Waals surface area contributed by atoms with Crippen molar-refractivity contribution in [2.24, 2.45) is 7.05 Å². The normalized spacial score (nSPS) is 11.4. The van der Waals surface area contributed by atoms with Crippen molar-refractivity contribution in [1.29, 1.82) is 0 Å². The summed E-state index contributed by atoms with van der Waals surface area (Å²) < 4.78 is 46.4. The number of rotatable bonds is 4. The minimum Gasteiger partial charge on any atom is -0.497 e. The van der Waals surface area contributed by atoms with E-state index in [4.69, 9.17) is 4.74 Å². The lowest BCUT2D eigenvalue weighted by molar-refractivity contribution is 0.415. The van der Waals surface area contributed by atoms with Crippen molar-refractivity contribution in [3.05, 3.63) is 35.9 Å². The van der Waals surface area contributed by atoms with E-state index in [9.17, 15) is 12.8 Å². The van der Waals surface area contributed by atoms with Crippen LogP contribution in [-0.4, -0.2) is 25.3 Å². The maximum absolute atomic E-state index is 13.8. The second kappa shape index (κ2) is 5.12. The van der Waals surface area contributed by atoms with Crippen LogP contribution in [0.15, 0.2) is 29.2 Å². The highest BCUT2D eigenvalue weighted by molar-refractivity contribution is 7.92. The minimum atomic E-state index is -4.04. The molecule has 0 fully saturated rings. The van der Waals surface area contributed by atoms with Crippen LogP contribution >= 0.6 is 0 Å². The van der Waals surface area contributed by atoms with Crippen LogP contribution in [-0.2, 0) is 17.1 Å². The highest BCUT2D eigenvalue weighted by atomic mass is 32.2. The first kappa shape index (κ1) is 14.3. The number of halogens is 1. The lowest BCUT2D eigenvalue weighted by atomic mass is 10.3. The number of hydrogen-bond donors (Lipinski definition) is 1.